The van der Waals surface area contributed by atoms with E-state index < -0.39 is 0 Å². The van der Waals surface area contributed by atoms with Crippen LogP contribution >= 0.6 is 0 Å². The quantitative estimate of drug-likeness (QED) is 0.807. The first-order valence-electron chi connectivity index (χ1n) is 8.98. The van der Waals surface area contributed by atoms with Crippen molar-refractivity contribution in [2.75, 3.05) is 13.7 Å². The van der Waals surface area contributed by atoms with Gasteiger partial charge in [-0.15, -0.1) is 5.10 Å². The van der Waals surface area contributed by atoms with Gasteiger partial charge in [0, 0.05) is 5.69 Å². The van der Waals surface area contributed by atoms with Gasteiger partial charge in [-0.2, -0.15) is 5.26 Å². The molecule has 3 rings (SSSR count). The lowest BCUT2D eigenvalue weighted by Crippen LogP contribution is -2.21. The van der Waals surface area contributed by atoms with Gasteiger partial charge in [-0.25, -0.2) is 0 Å². The van der Waals surface area contributed by atoms with Crippen LogP contribution in [0.4, 0.5) is 0 Å². The van der Waals surface area contributed by atoms with Crippen LogP contribution in [0, 0.1) is 11.3 Å². The minimum absolute atomic E-state index is 0.0714. The molecule has 2 aromatic rings. The molecule has 0 radical (unpaired) electrons. The number of hydrogen-bond acceptors (Lipinski definition) is 6. The van der Waals surface area contributed by atoms with Crippen LogP contribution in [0.2, 0.25) is 0 Å². The van der Waals surface area contributed by atoms with Gasteiger partial charge in [-0.05, 0) is 30.0 Å². The van der Waals surface area contributed by atoms with E-state index >= 15 is 0 Å². The van der Waals surface area contributed by atoms with Gasteiger partial charge in [-0.1, -0.05) is 26.8 Å². The van der Waals surface area contributed by atoms with Gasteiger partial charge >= 0.3 is 0 Å². The predicted octanol–water partition coefficient (Wildman–Crippen LogP) is 3.55. The van der Waals surface area contributed by atoms with E-state index in [1.54, 1.807) is 7.11 Å². The van der Waals surface area contributed by atoms with E-state index in [1.807, 2.05) is 25.1 Å². The Morgan fingerprint density at radius 2 is 2.15 bits per heavy atom. The molecule has 0 amide bonds. The molecule has 3 N–H and O–H groups in total. The zero-order valence-corrected chi connectivity index (χ0v) is 16.0. The maximum absolute atomic E-state index is 9.73. The van der Waals surface area contributed by atoms with Crippen molar-refractivity contribution in [2.45, 2.75) is 39.0 Å². The molecular weight excluding hydrogens is 344 g/mol. The van der Waals surface area contributed by atoms with E-state index in [0.717, 1.165) is 23.2 Å². The Balaban J connectivity index is 2.15. The molecule has 0 spiro atoms. The molecule has 1 unspecified atom stereocenters. The third kappa shape index (κ3) is 3.31. The second kappa shape index (κ2) is 7.62. The second-order valence-electron chi connectivity index (χ2n) is 6.69. The maximum atomic E-state index is 9.73. The third-order valence-corrected chi connectivity index (χ3v) is 4.53. The zero-order valence-electron chi connectivity index (χ0n) is 16.0. The average Bonchev–Trinajstić information content (AvgIpc) is 3.08. The highest BCUT2D eigenvalue weighted by atomic mass is 16.5. The lowest BCUT2D eigenvalue weighted by molar-refractivity contribution is 0.294. The third-order valence-electron chi connectivity index (χ3n) is 4.53. The summed E-state index contributed by atoms with van der Waals surface area (Å²) < 4.78 is 16.8. The lowest BCUT2D eigenvalue weighted by Gasteiger charge is -2.25. The van der Waals surface area contributed by atoms with E-state index in [9.17, 15) is 5.26 Å². The van der Waals surface area contributed by atoms with Crippen molar-refractivity contribution in [3.63, 3.8) is 0 Å². The molecule has 7 nitrogen and oxygen atoms in total. The molecule has 1 aliphatic rings. The van der Waals surface area contributed by atoms with E-state index in [0.29, 0.717) is 29.6 Å². The number of benzene rings is 1. The number of rotatable bonds is 6. The first-order chi connectivity index (χ1) is 13.0. The summed E-state index contributed by atoms with van der Waals surface area (Å²) in [6.45, 7) is 6.76. The average molecular weight is 368 g/mol. The highest BCUT2D eigenvalue weighted by Crippen LogP contribution is 2.45. The molecule has 1 aromatic heterocycles. The normalized spacial score (nSPS) is 15.9. The molecule has 1 aliphatic heterocycles. The van der Waals surface area contributed by atoms with Crippen molar-refractivity contribution in [3.8, 4) is 23.4 Å². The predicted molar refractivity (Wildman–Crippen MR) is 101 cm³/mol. The monoisotopic (exact) mass is 368 g/mol. The van der Waals surface area contributed by atoms with Crippen molar-refractivity contribution in [1.29, 1.82) is 5.26 Å². The summed E-state index contributed by atoms with van der Waals surface area (Å²) in [5.74, 6) is 1.55. The number of aromatic amines is 1. The summed E-state index contributed by atoms with van der Waals surface area (Å²) in [4.78, 5) is 0. The molecule has 0 bridgehead atoms. The molecule has 0 saturated carbocycles. The number of methoxy groups -OCH3 is 1. The Morgan fingerprint density at radius 1 is 1.37 bits per heavy atom. The van der Waals surface area contributed by atoms with Gasteiger partial charge in [0.1, 0.15) is 11.6 Å². The number of nitrogens with two attached hydrogens (primary N) is 1. The van der Waals surface area contributed by atoms with Crippen LogP contribution in [0.5, 0.6) is 17.4 Å². The van der Waals surface area contributed by atoms with Crippen LogP contribution in [-0.4, -0.2) is 23.9 Å². The van der Waals surface area contributed by atoms with Crippen molar-refractivity contribution in [3.05, 3.63) is 46.5 Å². The van der Waals surface area contributed by atoms with Crippen LogP contribution in [0.15, 0.2) is 29.7 Å². The van der Waals surface area contributed by atoms with Crippen LogP contribution < -0.4 is 19.9 Å². The van der Waals surface area contributed by atoms with E-state index in [1.165, 1.54) is 0 Å². The highest BCUT2D eigenvalue weighted by Gasteiger charge is 2.36. The Kier molecular flexibility index (Phi) is 5.26. The molecule has 0 saturated heterocycles. The van der Waals surface area contributed by atoms with Gasteiger partial charge < -0.3 is 19.9 Å². The number of ether oxygens (including phenoxy) is 3. The van der Waals surface area contributed by atoms with Crippen LogP contribution in [0.1, 0.15) is 55.8 Å². The molecule has 0 fully saturated rings. The van der Waals surface area contributed by atoms with Gasteiger partial charge in [-0.3, -0.25) is 5.10 Å². The Labute approximate surface area is 158 Å². The summed E-state index contributed by atoms with van der Waals surface area (Å²) >= 11 is 0. The van der Waals surface area contributed by atoms with Crippen LogP contribution in [-0.2, 0) is 0 Å². The topological polar surface area (TPSA) is 106 Å². The molecule has 2 heterocycles. The molecular formula is C20H24N4O3. The zero-order chi connectivity index (χ0) is 19.6. The fourth-order valence-corrected chi connectivity index (χ4v) is 3.24. The molecule has 142 valence electrons. The fourth-order valence-electron chi connectivity index (χ4n) is 3.24. The summed E-state index contributed by atoms with van der Waals surface area (Å²) in [6, 6.07) is 7.87. The minimum atomic E-state index is -0.385. The first-order valence-corrected chi connectivity index (χ1v) is 8.98. The molecule has 7 heteroatoms. The SMILES string of the molecule is CCCOc1ccc(C2C(C#N)=C(N)Oc3n[nH]c(C(C)C)c32)cc1OC. The summed E-state index contributed by atoms with van der Waals surface area (Å²) in [5.41, 5.74) is 8.98. The van der Waals surface area contributed by atoms with Crippen molar-refractivity contribution in [2.24, 2.45) is 5.73 Å². The largest absolute Gasteiger partial charge is 0.493 e. The number of allylic oxidation sites excluding steroid dienone is 1. The summed E-state index contributed by atoms with van der Waals surface area (Å²) in [7, 11) is 1.60. The number of fused-ring (bicyclic) bond motifs is 1. The summed E-state index contributed by atoms with van der Waals surface area (Å²) in [5, 5.41) is 17.0. The number of nitrogens with one attached hydrogen (secondary N) is 1. The second-order valence-corrected chi connectivity index (χ2v) is 6.69. The van der Waals surface area contributed by atoms with Crippen molar-refractivity contribution < 1.29 is 14.2 Å². The minimum Gasteiger partial charge on any atom is -0.493 e. The Morgan fingerprint density at radius 3 is 2.78 bits per heavy atom. The Hall–Kier alpha value is -3.14. The standard InChI is InChI=1S/C20H24N4O3/c1-5-8-26-14-7-6-12(9-15(14)25-4)16-13(10-21)19(22)27-20-17(16)18(11(2)3)23-24-20/h6-7,9,11,16H,5,8,22H2,1-4H3,(H,23,24). The summed E-state index contributed by atoms with van der Waals surface area (Å²) in [6.07, 6.45) is 0.902. The van der Waals surface area contributed by atoms with Gasteiger partial charge in [0.2, 0.25) is 11.8 Å². The molecule has 0 aliphatic carbocycles. The maximum Gasteiger partial charge on any atom is 0.244 e. The van der Waals surface area contributed by atoms with E-state index in [2.05, 4.69) is 30.1 Å². The van der Waals surface area contributed by atoms with E-state index in [4.69, 9.17) is 19.9 Å². The molecule has 1 aromatic carbocycles. The number of H-pyrrole nitrogens is 1. The van der Waals surface area contributed by atoms with Crippen LogP contribution in [0.25, 0.3) is 0 Å². The van der Waals surface area contributed by atoms with Gasteiger partial charge in [0.25, 0.3) is 0 Å². The lowest BCUT2D eigenvalue weighted by atomic mass is 9.82. The van der Waals surface area contributed by atoms with Crippen molar-refractivity contribution in [1.82, 2.24) is 10.2 Å². The van der Waals surface area contributed by atoms with Crippen LogP contribution in [0.3, 0.4) is 0 Å². The molecule has 27 heavy (non-hydrogen) atoms. The fraction of sp³-hybridized carbons (Fsp3) is 0.400. The first kappa shape index (κ1) is 18.6. The number of aromatic nitrogens is 2. The van der Waals surface area contributed by atoms with Gasteiger partial charge in [0.05, 0.1) is 25.2 Å². The number of hydrogen-bond donors (Lipinski definition) is 2. The Bertz CT molecular complexity index is 908. The van der Waals surface area contributed by atoms with E-state index in [-0.39, 0.29) is 17.7 Å². The number of nitriles is 1. The number of nitrogens with zero attached hydrogens (tertiary/aromatic N) is 2. The van der Waals surface area contributed by atoms with Crippen molar-refractivity contribution >= 4 is 0 Å². The smallest absolute Gasteiger partial charge is 0.244 e. The molecule has 1 atom stereocenters. The van der Waals surface area contributed by atoms with Gasteiger partial charge in [0.15, 0.2) is 11.5 Å². The highest BCUT2D eigenvalue weighted by molar-refractivity contribution is 5.57.